The number of hydrogen-bond acceptors (Lipinski definition) is 2. The van der Waals surface area contributed by atoms with Gasteiger partial charge in [0.05, 0.1) is 0 Å². The average molecular weight is 316 g/mol. The van der Waals surface area contributed by atoms with Gasteiger partial charge in [0.1, 0.15) is 8.24 Å². The lowest BCUT2D eigenvalue weighted by Crippen LogP contribution is -2.53. The predicted molar refractivity (Wildman–Crippen MR) is 98.6 cm³/mol. The van der Waals surface area contributed by atoms with Gasteiger partial charge in [-0.15, -0.1) is 11.3 Å². The van der Waals surface area contributed by atoms with Crippen LogP contribution in [-0.4, -0.2) is 14.3 Å². The highest BCUT2D eigenvalue weighted by molar-refractivity contribution is 7.20. The molecule has 0 saturated heterocycles. The van der Waals surface area contributed by atoms with Gasteiger partial charge in [-0.2, -0.15) is 0 Å². The molecule has 3 rings (SSSR count). The maximum Gasteiger partial charge on any atom is 0.132 e. The molecule has 1 aliphatic rings. The van der Waals surface area contributed by atoms with Gasteiger partial charge in [0.2, 0.25) is 0 Å². The van der Waals surface area contributed by atoms with E-state index in [1.165, 1.54) is 21.2 Å². The van der Waals surface area contributed by atoms with Gasteiger partial charge in [-0.1, -0.05) is 50.7 Å². The first kappa shape index (κ1) is 15.0. The van der Waals surface area contributed by atoms with Crippen LogP contribution >= 0.6 is 11.3 Å². The zero-order chi connectivity index (χ0) is 15.4. The highest BCUT2D eigenvalue weighted by Gasteiger charge is 2.42. The summed E-state index contributed by atoms with van der Waals surface area (Å²) in [6, 6.07) is 9.43. The van der Waals surface area contributed by atoms with Crippen molar-refractivity contribution in [3.63, 3.8) is 0 Å². The molecule has 0 spiro atoms. The van der Waals surface area contributed by atoms with Crippen molar-refractivity contribution >= 4 is 35.2 Å². The molecular weight excluding hydrogens is 290 g/mol. The number of allylic oxidation sites excluding steroid dienone is 2. The van der Waals surface area contributed by atoms with Gasteiger partial charge in [-0.3, -0.25) is 0 Å². The largest absolute Gasteiger partial charge is 0.334 e. The van der Waals surface area contributed by atoms with Crippen LogP contribution in [0.15, 0.2) is 29.8 Å². The molecule has 0 aliphatic heterocycles. The molecule has 2 aromatic rings. The quantitative estimate of drug-likeness (QED) is 0.734. The Balaban J connectivity index is 2.19. The Kier molecular flexibility index (Phi) is 3.63. The van der Waals surface area contributed by atoms with E-state index >= 15 is 0 Å². The number of thiophene rings is 1. The maximum absolute atomic E-state index is 3.91. The maximum atomic E-state index is 3.91. The van der Waals surface area contributed by atoms with Gasteiger partial charge in [-0.25, -0.2) is 0 Å². The van der Waals surface area contributed by atoms with Crippen LogP contribution in [0, 0.1) is 0 Å². The summed E-state index contributed by atoms with van der Waals surface area (Å²) in [7, 11) is -1.55. The molecule has 1 N–H and O–H groups in total. The summed E-state index contributed by atoms with van der Waals surface area (Å²) in [4.78, 5) is 5.52. The Morgan fingerprint density at radius 3 is 2.48 bits per heavy atom. The first-order chi connectivity index (χ1) is 9.83. The summed E-state index contributed by atoms with van der Waals surface area (Å²) in [6.45, 7) is 14.1. The zero-order valence-corrected chi connectivity index (χ0v) is 15.7. The molecule has 1 aliphatic carbocycles. The molecule has 3 heteroatoms. The van der Waals surface area contributed by atoms with Crippen molar-refractivity contribution < 1.29 is 0 Å². The normalized spacial score (nSPS) is 18.9. The second-order valence-electron chi connectivity index (χ2n) is 7.10. The van der Waals surface area contributed by atoms with Gasteiger partial charge in [-0.05, 0) is 37.1 Å². The van der Waals surface area contributed by atoms with E-state index in [1.54, 1.807) is 10.5 Å². The third-order valence-corrected chi connectivity index (χ3v) is 9.60. The van der Waals surface area contributed by atoms with Crippen LogP contribution in [0.4, 0.5) is 0 Å². The first-order valence-electron chi connectivity index (χ1n) is 7.79. The topological polar surface area (TPSA) is 12.0 Å². The van der Waals surface area contributed by atoms with Crippen LogP contribution in [0.3, 0.4) is 0 Å². The Morgan fingerprint density at radius 2 is 1.81 bits per heavy atom. The summed E-state index contributed by atoms with van der Waals surface area (Å²) < 4.78 is 1.44. The standard InChI is InChI=1S/C18H25NSSi/c1-11(2)19-21(5,6)18-13(4)12(3)16-14-9-7-8-10-15(14)20-17(16)18/h7-11,18-19H,1-6H3. The van der Waals surface area contributed by atoms with Crippen LogP contribution in [0.5, 0.6) is 0 Å². The monoisotopic (exact) mass is 315 g/mol. The third-order valence-electron chi connectivity index (χ3n) is 4.67. The highest BCUT2D eigenvalue weighted by Crippen LogP contribution is 2.52. The van der Waals surface area contributed by atoms with Crippen molar-refractivity contribution in [2.24, 2.45) is 0 Å². The van der Waals surface area contributed by atoms with Crippen LogP contribution in [0.1, 0.15) is 43.7 Å². The number of fused-ring (bicyclic) bond motifs is 3. The molecule has 0 amide bonds. The van der Waals surface area contributed by atoms with Crippen molar-refractivity contribution in [2.45, 2.75) is 52.4 Å². The van der Waals surface area contributed by atoms with Gasteiger partial charge in [0, 0.05) is 20.5 Å². The second kappa shape index (κ2) is 5.08. The first-order valence-corrected chi connectivity index (χ1v) is 11.7. The van der Waals surface area contributed by atoms with E-state index in [0.717, 1.165) is 0 Å². The molecule has 0 bridgehead atoms. The van der Waals surface area contributed by atoms with Crippen molar-refractivity contribution in [2.75, 3.05) is 0 Å². The van der Waals surface area contributed by atoms with Gasteiger partial charge in [0.25, 0.3) is 0 Å². The second-order valence-corrected chi connectivity index (χ2v) is 12.5. The number of nitrogens with one attached hydrogen (secondary N) is 1. The average Bonchev–Trinajstić information content (AvgIpc) is 2.84. The van der Waals surface area contributed by atoms with Crippen LogP contribution in [-0.2, 0) is 0 Å². The van der Waals surface area contributed by atoms with E-state index in [9.17, 15) is 0 Å². The smallest absolute Gasteiger partial charge is 0.132 e. The minimum absolute atomic E-state index is 0.554. The fourth-order valence-corrected chi connectivity index (χ4v) is 10.1. The molecule has 1 nitrogen and oxygen atoms in total. The van der Waals surface area contributed by atoms with E-state index in [1.807, 2.05) is 11.3 Å². The molecule has 0 radical (unpaired) electrons. The fourth-order valence-electron chi connectivity index (χ4n) is 3.96. The summed E-state index contributed by atoms with van der Waals surface area (Å²) in [5.41, 5.74) is 5.25. The Labute approximate surface area is 133 Å². The van der Waals surface area contributed by atoms with Gasteiger partial charge in [0.15, 0.2) is 0 Å². The van der Waals surface area contributed by atoms with Gasteiger partial charge < -0.3 is 4.98 Å². The number of hydrogen-bond donors (Lipinski definition) is 1. The number of benzene rings is 1. The zero-order valence-electron chi connectivity index (χ0n) is 13.9. The minimum Gasteiger partial charge on any atom is -0.334 e. The van der Waals surface area contributed by atoms with E-state index in [0.29, 0.717) is 11.6 Å². The summed E-state index contributed by atoms with van der Waals surface area (Å²) in [6.07, 6.45) is 0. The SMILES string of the molecule is CC1=C(C)C([Si](C)(C)NC(C)C)c2sc3ccccc3c21. The minimum atomic E-state index is -1.55. The Hall–Kier alpha value is -0.903. The van der Waals surface area contributed by atoms with Crippen LogP contribution in [0.25, 0.3) is 15.7 Å². The Bertz CT molecular complexity index is 724. The van der Waals surface area contributed by atoms with Crippen molar-refractivity contribution in [3.8, 4) is 0 Å². The number of rotatable bonds is 3. The van der Waals surface area contributed by atoms with E-state index in [2.05, 4.69) is 70.0 Å². The molecule has 0 saturated carbocycles. The Morgan fingerprint density at radius 1 is 1.14 bits per heavy atom. The van der Waals surface area contributed by atoms with E-state index < -0.39 is 8.24 Å². The molecule has 21 heavy (non-hydrogen) atoms. The van der Waals surface area contributed by atoms with Crippen molar-refractivity contribution in [1.29, 1.82) is 0 Å². The molecule has 0 fully saturated rings. The molecule has 1 heterocycles. The van der Waals surface area contributed by atoms with E-state index in [-0.39, 0.29) is 0 Å². The lowest BCUT2D eigenvalue weighted by Gasteiger charge is -2.34. The molecule has 1 aromatic carbocycles. The molecule has 1 unspecified atom stereocenters. The predicted octanol–water partition coefficient (Wildman–Crippen LogP) is 5.53. The molecule has 1 aromatic heterocycles. The van der Waals surface area contributed by atoms with Crippen molar-refractivity contribution in [3.05, 3.63) is 40.3 Å². The van der Waals surface area contributed by atoms with E-state index in [4.69, 9.17) is 0 Å². The lowest BCUT2D eigenvalue weighted by molar-refractivity contribution is 0.720. The van der Waals surface area contributed by atoms with Crippen LogP contribution < -0.4 is 4.98 Å². The van der Waals surface area contributed by atoms with Crippen molar-refractivity contribution in [1.82, 2.24) is 4.98 Å². The highest BCUT2D eigenvalue weighted by atomic mass is 32.1. The summed E-state index contributed by atoms with van der Waals surface area (Å²) in [5, 5.41) is 1.45. The molecule has 112 valence electrons. The molecule has 1 atom stereocenters. The molecular formula is C18H25NSSi. The summed E-state index contributed by atoms with van der Waals surface area (Å²) in [5.74, 6) is 0. The van der Waals surface area contributed by atoms with Gasteiger partial charge >= 0.3 is 0 Å². The van der Waals surface area contributed by atoms with Crippen LogP contribution in [0.2, 0.25) is 13.1 Å². The fraction of sp³-hybridized carbons (Fsp3) is 0.444. The summed E-state index contributed by atoms with van der Waals surface area (Å²) >= 11 is 2.01. The third kappa shape index (κ3) is 2.32. The lowest BCUT2D eigenvalue weighted by atomic mass is 10.1.